The number of nitrogens with two attached hydrogens (primary N) is 1. The molecule has 21 heavy (non-hydrogen) atoms. The second-order valence-corrected chi connectivity index (χ2v) is 5.96. The number of amides is 1. The van der Waals surface area contributed by atoms with Crippen LogP contribution in [0.1, 0.15) is 10.4 Å². The number of nitrogens with zero attached hydrogens (tertiary/aromatic N) is 2. The summed E-state index contributed by atoms with van der Waals surface area (Å²) in [5.74, 6) is -0.0327. The Labute approximate surface area is 132 Å². The first-order chi connectivity index (χ1) is 10.1. The van der Waals surface area contributed by atoms with Crippen LogP contribution in [-0.4, -0.2) is 26.0 Å². The van der Waals surface area contributed by atoms with Gasteiger partial charge in [0.2, 0.25) is 0 Å². The molecule has 1 aliphatic heterocycles. The van der Waals surface area contributed by atoms with Crippen LogP contribution in [0.3, 0.4) is 0 Å². The number of rotatable bonds is 1. The minimum absolute atomic E-state index is 0.0327. The number of fused-ring (bicyclic) bond motifs is 1. The van der Waals surface area contributed by atoms with Gasteiger partial charge in [0.15, 0.2) is 0 Å². The molecule has 1 heterocycles. The number of carbonyl (C=O) groups is 1. The summed E-state index contributed by atoms with van der Waals surface area (Å²) in [6, 6.07) is 13.2. The highest BCUT2D eigenvalue weighted by Crippen LogP contribution is 2.33. The zero-order valence-electron chi connectivity index (χ0n) is 11.7. The number of hydrogen-bond acceptors (Lipinski definition) is 3. The Morgan fingerprint density at radius 2 is 1.86 bits per heavy atom. The Morgan fingerprint density at radius 1 is 1.14 bits per heavy atom. The lowest BCUT2D eigenvalue weighted by Crippen LogP contribution is -2.42. The van der Waals surface area contributed by atoms with Crippen molar-refractivity contribution in [3.63, 3.8) is 0 Å². The van der Waals surface area contributed by atoms with Crippen LogP contribution in [0.2, 0.25) is 0 Å². The van der Waals surface area contributed by atoms with Crippen molar-refractivity contribution in [3.8, 4) is 0 Å². The number of hydrogen-bond donors (Lipinski definition) is 1. The average Bonchev–Trinajstić information content (AvgIpc) is 2.50. The van der Waals surface area contributed by atoms with Gasteiger partial charge in [0.1, 0.15) is 0 Å². The number of para-hydroxylation sites is 2. The molecule has 1 aliphatic rings. The van der Waals surface area contributed by atoms with Crippen LogP contribution in [-0.2, 0) is 0 Å². The van der Waals surface area contributed by atoms with E-state index in [0.29, 0.717) is 17.8 Å². The smallest absolute Gasteiger partial charge is 0.259 e. The second kappa shape index (κ2) is 5.41. The third-order valence-corrected chi connectivity index (χ3v) is 4.40. The molecule has 0 saturated carbocycles. The van der Waals surface area contributed by atoms with Crippen LogP contribution in [0.15, 0.2) is 46.9 Å². The van der Waals surface area contributed by atoms with Crippen molar-refractivity contribution in [1.29, 1.82) is 0 Å². The van der Waals surface area contributed by atoms with E-state index >= 15 is 0 Å². The Bertz CT molecular complexity index is 702. The molecule has 2 aromatic carbocycles. The van der Waals surface area contributed by atoms with E-state index in [9.17, 15) is 4.79 Å². The van der Waals surface area contributed by atoms with Crippen molar-refractivity contribution in [3.05, 3.63) is 52.5 Å². The molecule has 0 bridgehead atoms. The van der Waals surface area contributed by atoms with Crippen LogP contribution in [0.4, 0.5) is 17.1 Å². The molecule has 2 aromatic rings. The van der Waals surface area contributed by atoms with Crippen molar-refractivity contribution in [2.75, 3.05) is 35.7 Å². The monoisotopic (exact) mass is 345 g/mol. The summed E-state index contributed by atoms with van der Waals surface area (Å²) in [6.07, 6.45) is 0. The maximum absolute atomic E-state index is 12.9. The predicted octanol–water partition coefficient (Wildman–Crippen LogP) is 3.13. The van der Waals surface area contributed by atoms with E-state index in [0.717, 1.165) is 22.4 Å². The highest BCUT2D eigenvalue weighted by Gasteiger charge is 2.26. The Balaban J connectivity index is 2.03. The molecule has 0 fully saturated rings. The first-order valence-corrected chi connectivity index (χ1v) is 7.54. The van der Waals surface area contributed by atoms with Gasteiger partial charge in [0, 0.05) is 30.3 Å². The molecule has 4 nitrogen and oxygen atoms in total. The van der Waals surface area contributed by atoms with Gasteiger partial charge in [-0.25, -0.2) is 0 Å². The quantitative estimate of drug-likeness (QED) is 0.807. The van der Waals surface area contributed by atoms with Crippen LogP contribution in [0, 0.1) is 0 Å². The lowest BCUT2D eigenvalue weighted by atomic mass is 10.1. The number of nitrogen functional groups attached to an aromatic ring is 1. The summed E-state index contributed by atoms with van der Waals surface area (Å²) in [5.41, 5.74) is 8.99. The molecule has 5 heteroatoms. The summed E-state index contributed by atoms with van der Waals surface area (Å²) in [4.78, 5) is 16.8. The molecule has 0 unspecified atom stereocenters. The maximum atomic E-state index is 12.9. The number of benzene rings is 2. The molecule has 0 atom stereocenters. The van der Waals surface area contributed by atoms with Gasteiger partial charge < -0.3 is 15.5 Å². The van der Waals surface area contributed by atoms with Gasteiger partial charge in [-0.2, -0.15) is 0 Å². The first kappa shape index (κ1) is 13.9. The summed E-state index contributed by atoms with van der Waals surface area (Å²) in [6.45, 7) is 1.47. The normalized spacial score (nSPS) is 14.0. The summed E-state index contributed by atoms with van der Waals surface area (Å²) in [5, 5.41) is 0. The van der Waals surface area contributed by atoms with Crippen molar-refractivity contribution >= 4 is 38.9 Å². The molecular weight excluding hydrogens is 330 g/mol. The third kappa shape index (κ3) is 2.49. The fourth-order valence-corrected chi connectivity index (χ4v) is 2.99. The van der Waals surface area contributed by atoms with Crippen LogP contribution in [0.25, 0.3) is 0 Å². The van der Waals surface area contributed by atoms with E-state index in [4.69, 9.17) is 5.73 Å². The summed E-state index contributed by atoms with van der Waals surface area (Å²) < 4.78 is 0.762. The van der Waals surface area contributed by atoms with Crippen molar-refractivity contribution in [2.24, 2.45) is 0 Å². The number of likely N-dealkylation sites (N-methyl/N-ethyl adjacent to an activating group) is 1. The number of halogens is 1. The lowest BCUT2D eigenvalue weighted by Gasteiger charge is -2.35. The van der Waals surface area contributed by atoms with Gasteiger partial charge in [-0.3, -0.25) is 4.79 Å². The highest BCUT2D eigenvalue weighted by atomic mass is 79.9. The largest absolute Gasteiger partial charge is 0.399 e. The van der Waals surface area contributed by atoms with Crippen molar-refractivity contribution in [2.45, 2.75) is 0 Å². The van der Waals surface area contributed by atoms with Crippen LogP contribution < -0.4 is 15.5 Å². The highest BCUT2D eigenvalue weighted by molar-refractivity contribution is 9.10. The van der Waals surface area contributed by atoms with Gasteiger partial charge in [-0.05, 0) is 46.3 Å². The van der Waals surface area contributed by atoms with E-state index < -0.39 is 0 Å². The van der Waals surface area contributed by atoms with Crippen LogP contribution >= 0.6 is 15.9 Å². The van der Waals surface area contributed by atoms with Crippen molar-refractivity contribution in [1.82, 2.24) is 0 Å². The zero-order valence-corrected chi connectivity index (χ0v) is 13.3. The fourth-order valence-electron chi connectivity index (χ4n) is 2.57. The first-order valence-electron chi connectivity index (χ1n) is 6.75. The van der Waals surface area contributed by atoms with Gasteiger partial charge in [-0.1, -0.05) is 12.1 Å². The zero-order chi connectivity index (χ0) is 15.0. The SMILES string of the molecule is CN1CCN(C(=O)c2cc(N)ccc2Br)c2ccccc21. The van der Waals surface area contributed by atoms with E-state index in [1.807, 2.05) is 42.3 Å². The predicted molar refractivity (Wildman–Crippen MR) is 89.9 cm³/mol. The molecule has 0 aromatic heterocycles. The lowest BCUT2D eigenvalue weighted by molar-refractivity contribution is 0.0986. The number of anilines is 3. The Kier molecular flexibility index (Phi) is 3.59. The summed E-state index contributed by atoms with van der Waals surface area (Å²) in [7, 11) is 2.04. The van der Waals surface area contributed by atoms with Gasteiger partial charge in [0.05, 0.1) is 16.9 Å². The molecule has 2 N–H and O–H groups in total. The minimum Gasteiger partial charge on any atom is -0.399 e. The average molecular weight is 346 g/mol. The van der Waals surface area contributed by atoms with E-state index in [1.54, 1.807) is 12.1 Å². The topological polar surface area (TPSA) is 49.6 Å². The molecule has 0 saturated heterocycles. The van der Waals surface area contributed by atoms with E-state index in [2.05, 4.69) is 20.8 Å². The van der Waals surface area contributed by atoms with E-state index in [1.165, 1.54) is 0 Å². The molecule has 108 valence electrons. The third-order valence-electron chi connectivity index (χ3n) is 3.71. The van der Waals surface area contributed by atoms with Gasteiger partial charge in [-0.15, -0.1) is 0 Å². The second-order valence-electron chi connectivity index (χ2n) is 5.11. The summed E-state index contributed by atoms with van der Waals surface area (Å²) >= 11 is 3.44. The maximum Gasteiger partial charge on any atom is 0.259 e. The van der Waals surface area contributed by atoms with Gasteiger partial charge >= 0.3 is 0 Å². The Hall–Kier alpha value is -2.01. The molecule has 0 aliphatic carbocycles. The molecule has 0 radical (unpaired) electrons. The molecule has 1 amide bonds. The minimum atomic E-state index is -0.0327. The molecular formula is C16H16BrN3O. The van der Waals surface area contributed by atoms with Crippen molar-refractivity contribution < 1.29 is 4.79 Å². The van der Waals surface area contributed by atoms with Crippen LogP contribution in [0.5, 0.6) is 0 Å². The fraction of sp³-hybridized carbons (Fsp3) is 0.188. The standard InChI is InChI=1S/C16H16BrN3O/c1-19-8-9-20(15-5-3-2-4-14(15)19)16(21)12-10-11(18)6-7-13(12)17/h2-7,10H,8-9,18H2,1H3. The van der Waals surface area contributed by atoms with E-state index in [-0.39, 0.29) is 5.91 Å². The number of carbonyl (C=O) groups excluding carboxylic acids is 1. The Morgan fingerprint density at radius 3 is 2.62 bits per heavy atom. The van der Waals surface area contributed by atoms with Gasteiger partial charge in [0.25, 0.3) is 5.91 Å². The molecule has 0 spiro atoms. The molecule has 3 rings (SSSR count).